The fraction of sp³-hybridized carbons (Fsp3) is 0.250. The van der Waals surface area contributed by atoms with Gasteiger partial charge < -0.3 is 15.7 Å². The van der Waals surface area contributed by atoms with Gasteiger partial charge in [0.2, 0.25) is 0 Å². The third-order valence-electron chi connectivity index (χ3n) is 1.49. The number of nitrogens with two attached hydrogens (primary N) is 1. The molecule has 0 aliphatic carbocycles. The Kier molecular flexibility index (Phi) is 2.90. The van der Waals surface area contributed by atoms with E-state index in [2.05, 4.69) is 4.89 Å². The molecule has 0 saturated heterocycles. The fourth-order valence-electron chi connectivity index (χ4n) is 0.927. The lowest BCUT2D eigenvalue weighted by molar-refractivity contribution is -0.178. The van der Waals surface area contributed by atoms with Gasteiger partial charge in [-0.05, 0) is 12.1 Å². The molecule has 4 heteroatoms. The van der Waals surface area contributed by atoms with E-state index in [1.165, 1.54) is 7.11 Å². The Morgan fingerprint density at radius 1 is 1.50 bits per heavy atom. The number of hydrogen-bond donors (Lipinski definition) is 2. The van der Waals surface area contributed by atoms with Crippen molar-refractivity contribution in [3.63, 3.8) is 0 Å². The average Bonchev–Trinajstić information content (AvgIpc) is 2.05. The largest absolute Gasteiger partial charge is 0.507 e. The molecule has 1 aromatic carbocycles. The Bertz CT molecular complexity index is 262. The molecular formula is C8H11NO3. The molecule has 0 atom stereocenters. The second-order valence-electron chi connectivity index (χ2n) is 2.21. The van der Waals surface area contributed by atoms with Crippen LogP contribution in [0.25, 0.3) is 0 Å². The van der Waals surface area contributed by atoms with Crippen LogP contribution >= 0.6 is 0 Å². The number of aromatic hydroxyl groups is 1. The van der Waals surface area contributed by atoms with E-state index in [1.807, 2.05) is 0 Å². The van der Waals surface area contributed by atoms with Crippen LogP contribution in [-0.2, 0) is 11.4 Å². The van der Waals surface area contributed by atoms with Crippen molar-refractivity contribution in [1.29, 1.82) is 0 Å². The maximum absolute atomic E-state index is 9.30. The maximum Gasteiger partial charge on any atom is 0.173 e. The second-order valence-corrected chi connectivity index (χ2v) is 2.21. The van der Waals surface area contributed by atoms with E-state index in [4.69, 9.17) is 10.6 Å². The molecule has 0 aromatic heterocycles. The summed E-state index contributed by atoms with van der Waals surface area (Å²) in [4.78, 5) is 9.23. The summed E-state index contributed by atoms with van der Waals surface area (Å²) >= 11 is 0. The molecule has 0 saturated carbocycles. The summed E-state index contributed by atoms with van der Waals surface area (Å²) in [6, 6.07) is 4.87. The fourth-order valence-corrected chi connectivity index (χ4v) is 0.927. The third kappa shape index (κ3) is 1.66. The van der Waals surface area contributed by atoms with E-state index in [9.17, 15) is 5.11 Å². The first-order chi connectivity index (χ1) is 5.79. The van der Waals surface area contributed by atoms with Gasteiger partial charge in [-0.2, -0.15) is 4.89 Å². The summed E-state index contributed by atoms with van der Waals surface area (Å²) in [7, 11) is 1.39. The molecule has 66 valence electrons. The van der Waals surface area contributed by atoms with Crippen molar-refractivity contribution in [3.05, 3.63) is 23.8 Å². The summed E-state index contributed by atoms with van der Waals surface area (Å²) in [5, 5.41) is 9.30. The zero-order chi connectivity index (χ0) is 8.97. The van der Waals surface area contributed by atoms with Gasteiger partial charge in [-0.25, -0.2) is 0 Å². The van der Waals surface area contributed by atoms with Crippen LogP contribution in [0.3, 0.4) is 0 Å². The smallest absolute Gasteiger partial charge is 0.173 e. The topological polar surface area (TPSA) is 64.7 Å². The summed E-state index contributed by atoms with van der Waals surface area (Å²) < 4.78 is 0. The number of phenolic OH excluding ortho intramolecular Hbond substituents is 1. The number of rotatable bonds is 3. The molecule has 0 fully saturated rings. The second kappa shape index (κ2) is 3.94. The van der Waals surface area contributed by atoms with Crippen LogP contribution in [0.5, 0.6) is 11.5 Å². The zero-order valence-electron chi connectivity index (χ0n) is 6.78. The quantitative estimate of drug-likeness (QED) is 0.518. The molecular weight excluding hydrogens is 158 g/mol. The van der Waals surface area contributed by atoms with Crippen molar-refractivity contribution in [2.45, 2.75) is 6.54 Å². The summed E-state index contributed by atoms with van der Waals surface area (Å²) in [5.74, 6) is 0.562. The molecule has 3 N–H and O–H groups in total. The molecule has 4 nitrogen and oxygen atoms in total. The Balaban J connectivity index is 3.00. The average molecular weight is 169 g/mol. The first kappa shape index (κ1) is 8.83. The van der Waals surface area contributed by atoms with Crippen molar-refractivity contribution in [3.8, 4) is 11.5 Å². The van der Waals surface area contributed by atoms with E-state index < -0.39 is 0 Å². The van der Waals surface area contributed by atoms with E-state index in [-0.39, 0.29) is 12.3 Å². The molecule has 0 amide bonds. The highest BCUT2D eigenvalue weighted by Crippen LogP contribution is 2.26. The number of phenols is 1. The van der Waals surface area contributed by atoms with Crippen molar-refractivity contribution >= 4 is 0 Å². The van der Waals surface area contributed by atoms with Gasteiger partial charge in [0.15, 0.2) is 5.75 Å². The van der Waals surface area contributed by atoms with Crippen LogP contribution in [-0.4, -0.2) is 12.2 Å². The summed E-state index contributed by atoms with van der Waals surface area (Å²) in [5.41, 5.74) is 5.93. The standard InChI is InChI=1S/C8H11NO3/c1-11-12-8-4-2-3-7(10)6(8)5-9/h2-4,10H,5,9H2,1H3. The molecule has 1 aromatic rings. The lowest BCUT2D eigenvalue weighted by Gasteiger charge is -2.07. The molecule has 0 unspecified atom stereocenters. The van der Waals surface area contributed by atoms with Gasteiger partial charge in [0.05, 0.1) is 12.7 Å². The lowest BCUT2D eigenvalue weighted by Crippen LogP contribution is -2.01. The predicted molar refractivity (Wildman–Crippen MR) is 43.6 cm³/mol. The monoisotopic (exact) mass is 169 g/mol. The molecule has 0 heterocycles. The predicted octanol–water partition coefficient (Wildman–Crippen LogP) is 0.791. The van der Waals surface area contributed by atoms with Crippen LogP contribution < -0.4 is 10.6 Å². The number of hydrogen-bond acceptors (Lipinski definition) is 4. The van der Waals surface area contributed by atoms with Crippen molar-refractivity contribution in [2.24, 2.45) is 5.73 Å². The Morgan fingerprint density at radius 3 is 2.83 bits per heavy atom. The molecule has 0 bridgehead atoms. The first-order valence-corrected chi connectivity index (χ1v) is 3.51. The molecule has 0 spiro atoms. The number of benzene rings is 1. The molecule has 1 rings (SSSR count). The van der Waals surface area contributed by atoms with Crippen molar-refractivity contribution in [2.75, 3.05) is 7.11 Å². The van der Waals surface area contributed by atoms with Crippen molar-refractivity contribution < 1.29 is 14.9 Å². The van der Waals surface area contributed by atoms with E-state index >= 15 is 0 Å². The maximum atomic E-state index is 9.30. The van der Waals surface area contributed by atoms with Gasteiger partial charge in [-0.15, -0.1) is 0 Å². The van der Waals surface area contributed by atoms with Crippen LogP contribution in [0.4, 0.5) is 0 Å². The van der Waals surface area contributed by atoms with Gasteiger partial charge in [-0.1, -0.05) is 6.07 Å². The van der Waals surface area contributed by atoms with Crippen LogP contribution in [0, 0.1) is 0 Å². The highest BCUT2D eigenvalue weighted by atomic mass is 17.2. The lowest BCUT2D eigenvalue weighted by atomic mass is 10.2. The van der Waals surface area contributed by atoms with Crippen LogP contribution in [0.1, 0.15) is 5.56 Å². The Hall–Kier alpha value is -1.26. The highest BCUT2D eigenvalue weighted by molar-refractivity contribution is 5.43. The van der Waals surface area contributed by atoms with Crippen LogP contribution in [0.2, 0.25) is 0 Å². The molecule has 12 heavy (non-hydrogen) atoms. The van der Waals surface area contributed by atoms with E-state index in [1.54, 1.807) is 18.2 Å². The highest BCUT2D eigenvalue weighted by Gasteiger charge is 2.06. The summed E-state index contributed by atoms with van der Waals surface area (Å²) in [6.07, 6.45) is 0. The third-order valence-corrected chi connectivity index (χ3v) is 1.49. The van der Waals surface area contributed by atoms with Gasteiger partial charge in [-0.3, -0.25) is 0 Å². The van der Waals surface area contributed by atoms with Gasteiger partial charge in [0.1, 0.15) is 5.75 Å². The summed E-state index contributed by atoms with van der Waals surface area (Å²) in [6.45, 7) is 0.214. The van der Waals surface area contributed by atoms with E-state index in [0.29, 0.717) is 11.3 Å². The normalized spacial score (nSPS) is 9.83. The van der Waals surface area contributed by atoms with Gasteiger partial charge >= 0.3 is 0 Å². The van der Waals surface area contributed by atoms with Crippen molar-refractivity contribution in [1.82, 2.24) is 0 Å². The van der Waals surface area contributed by atoms with Gasteiger partial charge in [0.25, 0.3) is 0 Å². The van der Waals surface area contributed by atoms with Gasteiger partial charge in [0, 0.05) is 6.54 Å². The minimum absolute atomic E-state index is 0.118. The molecule has 0 aliphatic heterocycles. The minimum atomic E-state index is 0.118. The minimum Gasteiger partial charge on any atom is -0.507 e. The Labute approximate surface area is 70.5 Å². The SMILES string of the molecule is COOc1cccc(O)c1CN. The Morgan fingerprint density at radius 2 is 2.25 bits per heavy atom. The molecule has 0 radical (unpaired) electrons. The zero-order valence-corrected chi connectivity index (χ0v) is 6.78. The molecule has 0 aliphatic rings. The van der Waals surface area contributed by atoms with E-state index in [0.717, 1.165) is 0 Å². The van der Waals surface area contributed by atoms with Crippen LogP contribution in [0.15, 0.2) is 18.2 Å². The first-order valence-electron chi connectivity index (χ1n) is 3.51.